The fourth-order valence-electron chi connectivity index (χ4n) is 3.41. The van der Waals surface area contributed by atoms with Gasteiger partial charge in [-0.25, -0.2) is 4.98 Å². The highest BCUT2D eigenvalue weighted by Crippen LogP contribution is 2.30. The summed E-state index contributed by atoms with van der Waals surface area (Å²) < 4.78 is 5.87. The van der Waals surface area contributed by atoms with Crippen molar-refractivity contribution >= 4 is 45.2 Å². The molecule has 0 aliphatic rings. The van der Waals surface area contributed by atoms with E-state index in [9.17, 15) is 4.79 Å². The summed E-state index contributed by atoms with van der Waals surface area (Å²) in [4.78, 5) is 20.2. The molecule has 0 aliphatic heterocycles. The number of fused-ring (bicyclic) bond motifs is 2. The van der Waals surface area contributed by atoms with Crippen molar-refractivity contribution in [2.75, 3.05) is 5.32 Å². The van der Waals surface area contributed by atoms with Gasteiger partial charge in [0, 0.05) is 28.9 Å². The molecule has 142 valence electrons. The Morgan fingerprint density at radius 1 is 1.07 bits per heavy atom. The normalized spacial score (nSPS) is 11.2. The first kappa shape index (κ1) is 17.5. The zero-order valence-corrected chi connectivity index (χ0v) is 16.0. The molecular weight excluding hydrogens is 386 g/mol. The predicted molar refractivity (Wildman–Crippen MR) is 115 cm³/mol. The van der Waals surface area contributed by atoms with Gasteiger partial charge in [-0.1, -0.05) is 41.9 Å². The molecular formula is C23H16ClN3O2. The van der Waals surface area contributed by atoms with Crippen LogP contribution in [0.2, 0.25) is 5.02 Å². The number of hydrogen-bond donors (Lipinski definition) is 2. The number of benzene rings is 3. The lowest BCUT2D eigenvalue weighted by atomic mass is 10.1. The lowest BCUT2D eigenvalue weighted by molar-refractivity contribution is -0.115. The summed E-state index contributed by atoms with van der Waals surface area (Å²) >= 11 is 6.24. The van der Waals surface area contributed by atoms with E-state index in [4.69, 9.17) is 16.0 Å². The fraction of sp³-hybridized carbons (Fsp3) is 0.0435. The third-order valence-electron chi connectivity index (χ3n) is 4.80. The van der Waals surface area contributed by atoms with Crippen LogP contribution in [0.1, 0.15) is 5.56 Å². The first-order valence-electron chi connectivity index (χ1n) is 9.18. The number of aromatic amines is 1. The topological polar surface area (TPSA) is 70.9 Å². The van der Waals surface area contributed by atoms with Crippen LogP contribution in [0.25, 0.3) is 33.5 Å². The van der Waals surface area contributed by atoms with Crippen LogP contribution in [-0.2, 0) is 11.2 Å². The first-order valence-corrected chi connectivity index (χ1v) is 9.55. The largest absolute Gasteiger partial charge is 0.436 e. The maximum atomic E-state index is 12.5. The molecule has 0 atom stereocenters. The highest BCUT2D eigenvalue weighted by Gasteiger charge is 2.13. The molecule has 3 aromatic carbocycles. The van der Waals surface area contributed by atoms with Crippen molar-refractivity contribution in [1.29, 1.82) is 0 Å². The predicted octanol–water partition coefficient (Wildman–Crippen LogP) is 5.81. The second kappa shape index (κ2) is 7.11. The van der Waals surface area contributed by atoms with E-state index >= 15 is 0 Å². The zero-order valence-electron chi connectivity index (χ0n) is 15.3. The minimum atomic E-state index is -0.0973. The number of aromatic nitrogens is 2. The Morgan fingerprint density at radius 2 is 1.90 bits per heavy atom. The molecule has 0 spiro atoms. The number of hydrogen-bond acceptors (Lipinski definition) is 3. The monoisotopic (exact) mass is 401 g/mol. The van der Waals surface area contributed by atoms with Gasteiger partial charge in [-0.15, -0.1) is 0 Å². The number of carbonyl (C=O) groups excluding carboxylic acids is 1. The highest BCUT2D eigenvalue weighted by atomic mass is 35.5. The van der Waals surface area contributed by atoms with E-state index in [1.54, 1.807) is 12.1 Å². The van der Waals surface area contributed by atoms with E-state index in [2.05, 4.69) is 15.3 Å². The molecule has 1 amide bonds. The summed E-state index contributed by atoms with van der Waals surface area (Å²) in [5.41, 5.74) is 4.66. The number of H-pyrrole nitrogens is 1. The molecule has 29 heavy (non-hydrogen) atoms. The zero-order chi connectivity index (χ0) is 19.8. The van der Waals surface area contributed by atoms with Crippen LogP contribution in [0, 0.1) is 0 Å². The van der Waals surface area contributed by atoms with Gasteiger partial charge in [-0.2, -0.15) is 0 Å². The maximum Gasteiger partial charge on any atom is 0.228 e. The Labute approximate surface area is 171 Å². The van der Waals surface area contributed by atoms with E-state index in [1.807, 2.05) is 60.8 Å². The summed E-state index contributed by atoms with van der Waals surface area (Å²) in [6, 6.07) is 20.7. The quantitative estimate of drug-likeness (QED) is 0.399. The number of nitrogens with one attached hydrogen (secondary N) is 2. The fourth-order valence-corrected chi connectivity index (χ4v) is 3.62. The van der Waals surface area contributed by atoms with Gasteiger partial charge in [0.05, 0.1) is 17.0 Å². The second-order valence-electron chi connectivity index (χ2n) is 6.77. The molecule has 2 aromatic heterocycles. The number of nitrogens with zero attached hydrogens (tertiary/aromatic N) is 1. The Balaban J connectivity index is 1.38. The molecule has 0 saturated carbocycles. The van der Waals surface area contributed by atoms with Crippen molar-refractivity contribution in [3.05, 3.63) is 83.5 Å². The van der Waals surface area contributed by atoms with Crippen molar-refractivity contribution in [1.82, 2.24) is 9.97 Å². The Hall–Kier alpha value is -3.57. The Bertz CT molecular complexity index is 1350. The average molecular weight is 402 g/mol. The van der Waals surface area contributed by atoms with E-state index in [-0.39, 0.29) is 12.3 Å². The Morgan fingerprint density at radius 3 is 2.79 bits per heavy atom. The summed E-state index contributed by atoms with van der Waals surface area (Å²) in [7, 11) is 0. The SMILES string of the molecule is O=C(Cc1c[nH]c2ccccc12)Nc1ccc2nc(-c3ccccc3Cl)oc2c1. The molecule has 5 rings (SSSR count). The molecule has 2 N–H and O–H groups in total. The van der Waals surface area contributed by atoms with Gasteiger partial charge in [-0.05, 0) is 35.9 Å². The molecule has 0 radical (unpaired) electrons. The van der Waals surface area contributed by atoms with Crippen molar-refractivity contribution in [3.63, 3.8) is 0 Å². The number of carbonyl (C=O) groups is 1. The van der Waals surface area contributed by atoms with Crippen LogP contribution >= 0.6 is 11.6 Å². The van der Waals surface area contributed by atoms with Crippen molar-refractivity contribution < 1.29 is 9.21 Å². The summed E-state index contributed by atoms with van der Waals surface area (Å²) in [5.74, 6) is 0.354. The molecule has 5 nitrogen and oxygen atoms in total. The average Bonchev–Trinajstić information content (AvgIpc) is 3.32. The molecule has 2 heterocycles. The molecule has 0 unspecified atom stereocenters. The molecule has 5 aromatic rings. The van der Waals surface area contributed by atoms with Gasteiger partial charge >= 0.3 is 0 Å². The molecule has 6 heteroatoms. The lowest BCUT2D eigenvalue weighted by Crippen LogP contribution is -2.14. The number of amides is 1. The number of anilines is 1. The molecule has 0 fully saturated rings. The second-order valence-corrected chi connectivity index (χ2v) is 7.17. The number of oxazole rings is 1. The van der Waals surface area contributed by atoms with Crippen LogP contribution in [0.3, 0.4) is 0 Å². The van der Waals surface area contributed by atoms with Gasteiger partial charge < -0.3 is 14.7 Å². The third-order valence-corrected chi connectivity index (χ3v) is 5.13. The summed E-state index contributed by atoms with van der Waals surface area (Å²) in [6.45, 7) is 0. The minimum absolute atomic E-state index is 0.0973. The van der Waals surface area contributed by atoms with Crippen molar-refractivity contribution in [2.24, 2.45) is 0 Å². The number of rotatable bonds is 4. The molecule has 0 saturated heterocycles. The van der Waals surface area contributed by atoms with Crippen LogP contribution in [-0.4, -0.2) is 15.9 Å². The first-order chi connectivity index (χ1) is 14.2. The van der Waals surface area contributed by atoms with Crippen LogP contribution in [0.15, 0.2) is 77.3 Å². The van der Waals surface area contributed by atoms with E-state index in [0.717, 1.165) is 22.0 Å². The lowest BCUT2D eigenvalue weighted by Gasteiger charge is -2.04. The molecule has 0 aliphatic carbocycles. The number of halogens is 1. The summed E-state index contributed by atoms with van der Waals surface area (Å²) in [6.07, 6.45) is 2.16. The van der Waals surface area contributed by atoms with Crippen LogP contribution < -0.4 is 5.32 Å². The van der Waals surface area contributed by atoms with Crippen LogP contribution in [0.5, 0.6) is 0 Å². The third kappa shape index (κ3) is 3.37. The minimum Gasteiger partial charge on any atom is -0.436 e. The van der Waals surface area contributed by atoms with E-state index in [1.165, 1.54) is 0 Å². The van der Waals surface area contributed by atoms with Gasteiger partial charge in [0.1, 0.15) is 5.52 Å². The smallest absolute Gasteiger partial charge is 0.228 e. The summed E-state index contributed by atoms with van der Waals surface area (Å²) in [5, 5.41) is 4.56. The van der Waals surface area contributed by atoms with E-state index < -0.39 is 0 Å². The van der Waals surface area contributed by atoms with Gasteiger partial charge in [0.25, 0.3) is 0 Å². The van der Waals surface area contributed by atoms with E-state index in [0.29, 0.717) is 27.7 Å². The van der Waals surface area contributed by atoms with Gasteiger partial charge in [0.15, 0.2) is 5.58 Å². The van der Waals surface area contributed by atoms with Crippen molar-refractivity contribution in [2.45, 2.75) is 6.42 Å². The standard InChI is InChI=1S/C23H16ClN3O2/c24-18-7-3-1-6-17(18)23-27-20-10-9-15(12-21(20)29-23)26-22(28)11-14-13-25-19-8-4-2-5-16(14)19/h1-10,12-13,25H,11H2,(H,26,28). The van der Waals surface area contributed by atoms with Crippen molar-refractivity contribution in [3.8, 4) is 11.5 Å². The van der Waals surface area contributed by atoms with Gasteiger partial charge in [-0.3, -0.25) is 4.79 Å². The highest BCUT2D eigenvalue weighted by molar-refractivity contribution is 6.33. The Kier molecular flexibility index (Phi) is 4.30. The van der Waals surface area contributed by atoms with Gasteiger partial charge in [0.2, 0.25) is 11.8 Å². The van der Waals surface area contributed by atoms with Crippen LogP contribution in [0.4, 0.5) is 5.69 Å². The maximum absolute atomic E-state index is 12.5. The number of para-hydroxylation sites is 1. The molecule has 0 bridgehead atoms.